The van der Waals surface area contributed by atoms with Crippen molar-refractivity contribution < 1.29 is 8.42 Å². The molecule has 0 N–H and O–H groups in total. The smallest absolute Gasteiger partial charge is 0.195 e. The number of rotatable bonds is 5. The van der Waals surface area contributed by atoms with Crippen LogP contribution in [0, 0.1) is 13.8 Å². The molecule has 0 aliphatic carbocycles. The summed E-state index contributed by atoms with van der Waals surface area (Å²) < 4.78 is 24.3. The molecule has 0 radical (unpaired) electrons. The van der Waals surface area contributed by atoms with E-state index in [1.807, 2.05) is 42.7 Å². The fourth-order valence-corrected chi connectivity index (χ4v) is 4.00. The zero-order chi connectivity index (χ0) is 14.8. The van der Waals surface area contributed by atoms with Crippen LogP contribution in [0.15, 0.2) is 29.4 Å². The molecule has 1 aromatic carbocycles. The van der Waals surface area contributed by atoms with E-state index < -0.39 is 9.84 Å². The van der Waals surface area contributed by atoms with Gasteiger partial charge in [0.15, 0.2) is 5.16 Å². The molecule has 20 heavy (non-hydrogen) atoms. The standard InChI is InChI=1S/C13H17N3O2S2/c1-10-6-4-5-7-12(10)16-11(2)14-15-13(16)19-8-9-20(3,17)18/h4-7H,8-9H2,1-3H3. The number of sulfone groups is 1. The average Bonchev–Trinajstić information content (AvgIpc) is 2.70. The molecular weight excluding hydrogens is 294 g/mol. The Labute approximate surface area is 123 Å². The topological polar surface area (TPSA) is 64.8 Å². The third kappa shape index (κ3) is 3.61. The normalized spacial score (nSPS) is 11.8. The first-order valence-electron chi connectivity index (χ1n) is 6.17. The Morgan fingerprint density at radius 3 is 2.55 bits per heavy atom. The van der Waals surface area contributed by atoms with Gasteiger partial charge >= 0.3 is 0 Å². The van der Waals surface area contributed by atoms with Crippen molar-refractivity contribution in [1.29, 1.82) is 0 Å². The van der Waals surface area contributed by atoms with Gasteiger partial charge in [0.2, 0.25) is 0 Å². The van der Waals surface area contributed by atoms with Gasteiger partial charge in [0.05, 0.1) is 11.4 Å². The molecule has 0 atom stereocenters. The molecule has 108 valence electrons. The van der Waals surface area contributed by atoms with Crippen LogP contribution in [0.25, 0.3) is 5.69 Å². The molecule has 0 bridgehead atoms. The summed E-state index contributed by atoms with van der Waals surface area (Å²) in [6, 6.07) is 7.98. The predicted molar refractivity (Wildman–Crippen MR) is 81.3 cm³/mol. The molecule has 0 fully saturated rings. The van der Waals surface area contributed by atoms with Gasteiger partial charge in [-0.05, 0) is 25.5 Å². The van der Waals surface area contributed by atoms with Crippen molar-refractivity contribution in [2.24, 2.45) is 0 Å². The third-order valence-electron chi connectivity index (χ3n) is 2.84. The highest BCUT2D eigenvalue weighted by Gasteiger charge is 2.13. The Balaban J connectivity index is 2.27. The predicted octanol–water partition coefficient (Wildman–Crippen LogP) is 2.02. The molecule has 2 aromatic rings. The van der Waals surface area contributed by atoms with Gasteiger partial charge in [-0.2, -0.15) is 0 Å². The van der Waals surface area contributed by atoms with Gasteiger partial charge in [-0.1, -0.05) is 30.0 Å². The maximum Gasteiger partial charge on any atom is 0.195 e. The Kier molecular flexibility index (Phi) is 4.49. The minimum atomic E-state index is -2.95. The zero-order valence-corrected chi connectivity index (χ0v) is 13.3. The monoisotopic (exact) mass is 311 g/mol. The van der Waals surface area contributed by atoms with Crippen LogP contribution in [0.5, 0.6) is 0 Å². The summed E-state index contributed by atoms with van der Waals surface area (Å²) >= 11 is 1.41. The third-order valence-corrected chi connectivity index (χ3v) is 4.97. The molecule has 0 spiro atoms. The number of aryl methyl sites for hydroxylation is 2. The zero-order valence-electron chi connectivity index (χ0n) is 11.7. The van der Waals surface area contributed by atoms with Crippen molar-refractivity contribution in [3.8, 4) is 5.69 Å². The van der Waals surface area contributed by atoms with E-state index in [1.54, 1.807) is 0 Å². The Bertz CT molecular complexity index is 708. The first kappa shape index (κ1) is 15.1. The van der Waals surface area contributed by atoms with Crippen LogP contribution in [0.4, 0.5) is 0 Å². The van der Waals surface area contributed by atoms with E-state index in [-0.39, 0.29) is 5.75 Å². The number of thioether (sulfide) groups is 1. The molecule has 7 heteroatoms. The highest BCUT2D eigenvalue weighted by Crippen LogP contribution is 2.23. The number of benzene rings is 1. The van der Waals surface area contributed by atoms with E-state index in [2.05, 4.69) is 10.2 Å². The highest BCUT2D eigenvalue weighted by atomic mass is 32.2. The maximum atomic E-state index is 11.2. The SMILES string of the molecule is Cc1ccccc1-n1c(C)nnc1SCCS(C)(=O)=O. The van der Waals surface area contributed by atoms with Crippen LogP contribution >= 0.6 is 11.8 Å². The molecule has 0 aliphatic heterocycles. The summed E-state index contributed by atoms with van der Waals surface area (Å²) in [7, 11) is -2.95. The fraction of sp³-hybridized carbons (Fsp3) is 0.385. The summed E-state index contributed by atoms with van der Waals surface area (Å²) in [5, 5.41) is 8.95. The highest BCUT2D eigenvalue weighted by molar-refractivity contribution is 8.00. The van der Waals surface area contributed by atoms with Crippen molar-refractivity contribution in [2.75, 3.05) is 17.8 Å². The second-order valence-electron chi connectivity index (χ2n) is 4.63. The van der Waals surface area contributed by atoms with Crippen LogP contribution in [-0.2, 0) is 9.84 Å². The average molecular weight is 311 g/mol. The van der Waals surface area contributed by atoms with Crippen LogP contribution in [0.2, 0.25) is 0 Å². The van der Waals surface area contributed by atoms with Crippen molar-refractivity contribution in [3.05, 3.63) is 35.7 Å². The number of hydrogen-bond donors (Lipinski definition) is 0. The Morgan fingerprint density at radius 2 is 1.90 bits per heavy atom. The number of hydrogen-bond acceptors (Lipinski definition) is 5. The number of para-hydroxylation sites is 1. The molecule has 1 heterocycles. The Morgan fingerprint density at radius 1 is 1.20 bits per heavy atom. The van der Waals surface area contributed by atoms with Gasteiger partial charge in [-0.25, -0.2) is 8.42 Å². The van der Waals surface area contributed by atoms with Crippen molar-refractivity contribution in [2.45, 2.75) is 19.0 Å². The summed E-state index contributed by atoms with van der Waals surface area (Å²) in [5.74, 6) is 1.40. The lowest BCUT2D eigenvalue weighted by Crippen LogP contribution is -2.07. The van der Waals surface area contributed by atoms with Crippen LogP contribution in [-0.4, -0.2) is 40.9 Å². The lowest BCUT2D eigenvalue weighted by atomic mass is 10.2. The van der Waals surface area contributed by atoms with E-state index >= 15 is 0 Å². The van der Waals surface area contributed by atoms with Gasteiger partial charge in [-0.3, -0.25) is 4.57 Å². The molecule has 0 aliphatic rings. The van der Waals surface area contributed by atoms with Gasteiger partial charge in [-0.15, -0.1) is 10.2 Å². The molecule has 2 rings (SSSR count). The maximum absolute atomic E-state index is 11.2. The van der Waals surface area contributed by atoms with Crippen molar-refractivity contribution in [3.63, 3.8) is 0 Å². The van der Waals surface area contributed by atoms with Crippen LogP contribution in [0.1, 0.15) is 11.4 Å². The van der Waals surface area contributed by atoms with Gasteiger partial charge in [0.25, 0.3) is 0 Å². The minimum Gasteiger partial charge on any atom is -0.274 e. The molecule has 0 amide bonds. The Hall–Kier alpha value is -1.34. The lowest BCUT2D eigenvalue weighted by molar-refractivity contribution is 0.603. The summed E-state index contributed by atoms with van der Waals surface area (Å²) in [5.41, 5.74) is 2.15. The van der Waals surface area contributed by atoms with E-state index in [1.165, 1.54) is 18.0 Å². The van der Waals surface area contributed by atoms with Gasteiger partial charge in [0, 0.05) is 12.0 Å². The second-order valence-corrected chi connectivity index (χ2v) is 7.95. The fourth-order valence-electron chi connectivity index (χ4n) is 1.81. The van der Waals surface area contributed by atoms with Crippen molar-refractivity contribution in [1.82, 2.24) is 14.8 Å². The second kappa shape index (κ2) is 5.97. The lowest BCUT2D eigenvalue weighted by Gasteiger charge is -2.10. The van der Waals surface area contributed by atoms with E-state index in [0.717, 1.165) is 22.2 Å². The molecule has 0 saturated carbocycles. The van der Waals surface area contributed by atoms with E-state index in [9.17, 15) is 8.42 Å². The molecule has 0 unspecified atom stereocenters. The van der Waals surface area contributed by atoms with Gasteiger partial charge in [0.1, 0.15) is 15.7 Å². The summed E-state index contributed by atoms with van der Waals surface area (Å²) in [4.78, 5) is 0. The quantitative estimate of drug-likeness (QED) is 0.790. The van der Waals surface area contributed by atoms with E-state index in [0.29, 0.717) is 5.75 Å². The largest absolute Gasteiger partial charge is 0.274 e. The number of nitrogens with zero attached hydrogens (tertiary/aromatic N) is 3. The molecule has 1 aromatic heterocycles. The van der Waals surface area contributed by atoms with E-state index in [4.69, 9.17) is 0 Å². The molecular formula is C13H17N3O2S2. The number of aromatic nitrogens is 3. The first-order valence-corrected chi connectivity index (χ1v) is 9.21. The summed E-state index contributed by atoms with van der Waals surface area (Å²) in [6.45, 7) is 3.92. The minimum absolute atomic E-state index is 0.136. The van der Waals surface area contributed by atoms with Gasteiger partial charge < -0.3 is 0 Å². The molecule has 5 nitrogen and oxygen atoms in total. The van der Waals surface area contributed by atoms with Crippen molar-refractivity contribution >= 4 is 21.6 Å². The van der Waals surface area contributed by atoms with Crippen LogP contribution in [0.3, 0.4) is 0 Å². The summed E-state index contributed by atoms with van der Waals surface area (Å²) in [6.07, 6.45) is 1.24. The molecule has 0 saturated heterocycles. The first-order chi connectivity index (χ1) is 9.38. The van der Waals surface area contributed by atoms with Crippen LogP contribution < -0.4 is 0 Å².